The summed E-state index contributed by atoms with van der Waals surface area (Å²) in [6.07, 6.45) is 1.85. The highest BCUT2D eigenvalue weighted by molar-refractivity contribution is 5.95. The molecule has 6 nitrogen and oxygen atoms in total. The van der Waals surface area contributed by atoms with Crippen LogP contribution in [-0.4, -0.2) is 43.1 Å². The number of halogens is 1. The Kier molecular flexibility index (Phi) is 7.98. The molecule has 2 aromatic carbocycles. The second-order valence-electron chi connectivity index (χ2n) is 8.97. The van der Waals surface area contributed by atoms with Crippen LogP contribution in [0.4, 0.5) is 4.39 Å². The van der Waals surface area contributed by atoms with Crippen LogP contribution in [0.15, 0.2) is 54.6 Å². The van der Waals surface area contributed by atoms with Crippen molar-refractivity contribution in [3.63, 3.8) is 0 Å². The molecule has 1 amide bonds. The van der Waals surface area contributed by atoms with Crippen molar-refractivity contribution in [2.45, 2.75) is 38.8 Å². The molecule has 0 bridgehead atoms. The molecule has 4 rings (SSSR count). The van der Waals surface area contributed by atoms with Gasteiger partial charge in [0.25, 0.3) is 5.91 Å². The summed E-state index contributed by atoms with van der Waals surface area (Å²) in [7, 11) is 3.32. The Morgan fingerprint density at radius 1 is 1.00 bits per heavy atom. The summed E-state index contributed by atoms with van der Waals surface area (Å²) in [5, 5.41) is 2.96. The highest BCUT2D eigenvalue weighted by Gasteiger charge is 2.26. The monoisotopic (exact) mass is 477 g/mol. The summed E-state index contributed by atoms with van der Waals surface area (Å²) in [5.41, 5.74) is 4.39. The SMILES string of the molecule is COc1cc(CN2CCC(c3nc(C)ccc3C(=O)NCc3ccc(F)cc3)CC2)cc(OC)c1. The molecule has 1 aliphatic heterocycles. The van der Waals surface area contributed by atoms with Crippen LogP contribution >= 0.6 is 0 Å². The number of likely N-dealkylation sites (tertiary alicyclic amines) is 1. The molecule has 0 atom stereocenters. The van der Waals surface area contributed by atoms with E-state index in [1.54, 1.807) is 26.4 Å². The smallest absolute Gasteiger partial charge is 0.253 e. The zero-order valence-electron chi connectivity index (χ0n) is 20.5. The molecule has 1 aromatic heterocycles. The van der Waals surface area contributed by atoms with Crippen LogP contribution in [0, 0.1) is 12.7 Å². The maximum Gasteiger partial charge on any atom is 0.253 e. The number of pyridine rings is 1. The zero-order chi connectivity index (χ0) is 24.8. The van der Waals surface area contributed by atoms with Crippen LogP contribution in [-0.2, 0) is 13.1 Å². The number of hydrogen-bond donors (Lipinski definition) is 1. The van der Waals surface area contributed by atoms with Gasteiger partial charge in [-0.1, -0.05) is 12.1 Å². The number of methoxy groups -OCH3 is 2. The van der Waals surface area contributed by atoms with E-state index in [4.69, 9.17) is 14.5 Å². The summed E-state index contributed by atoms with van der Waals surface area (Å²) in [6.45, 7) is 4.93. The summed E-state index contributed by atoms with van der Waals surface area (Å²) >= 11 is 0. The number of aryl methyl sites for hydroxylation is 1. The van der Waals surface area contributed by atoms with Crippen molar-refractivity contribution in [2.75, 3.05) is 27.3 Å². The molecule has 184 valence electrons. The van der Waals surface area contributed by atoms with Gasteiger partial charge >= 0.3 is 0 Å². The number of nitrogens with zero attached hydrogens (tertiary/aromatic N) is 2. The fourth-order valence-electron chi connectivity index (χ4n) is 4.54. The van der Waals surface area contributed by atoms with Crippen molar-refractivity contribution in [1.82, 2.24) is 15.2 Å². The first-order valence-electron chi connectivity index (χ1n) is 11.9. The predicted octanol–water partition coefficient (Wildman–Crippen LogP) is 4.86. The van der Waals surface area contributed by atoms with Gasteiger partial charge in [-0.3, -0.25) is 14.7 Å². The Morgan fingerprint density at radius 3 is 2.29 bits per heavy atom. The van der Waals surface area contributed by atoms with Crippen molar-refractivity contribution in [1.29, 1.82) is 0 Å². The number of nitrogens with one attached hydrogen (secondary N) is 1. The van der Waals surface area contributed by atoms with Crippen molar-refractivity contribution >= 4 is 5.91 Å². The summed E-state index contributed by atoms with van der Waals surface area (Å²) in [6, 6.07) is 15.9. The molecule has 1 N–H and O–H groups in total. The average molecular weight is 478 g/mol. The van der Waals surface area contributed by atoms with E-state index in [1.165, 1.54) is 12.1 Å². The van der Waals surface area contributed by atoms with E-state index >= 15 is 0 Å². The molecular weight excluding hydrogens is 445 g/mol. The van der Waals surface area contributed by atoms with Gasteiger partial charge in [0.1, 0.15) is 17.3 Å². The van der Waals surface area contributed by atoms with Crippen LogP contribution in [0.25, 0.3) is 0 Å². The predicted molar refractivity (Wildman–Crippen MR) is 133 cm³/mol. The van der Waals surface area contributed by atoms with Crippen LogP contribution in [0.1, 0.15) is 51.6 Å². The molecule has 0 saturated carbocycles. The lowest BCUT2D eigenvalue weighted by atomic mass is 9.89. The van der Waals surface area contributed by atoms with Gasteiger partial charge in [0, 0.05) is 30.8 Å². The molecule has 3 aromatic rings. The number of carbonyl (C=O) groups excluding carboxylic acids is 1. The largest absolute Gasteiger partial charge is 0.497 e. The number of carbonyl (C=O) groups is 1. The van der Waals surface area contributed by atoms with Gasteiger partial charge in [0.15, 0.2) is 0 Å². The van der Waals surface area contributed by atoms with Crippen LogP contribution in [0.5, 0.6) is 11.5 Å². The van der Waals surface area contributed by atoms with E-state index in [-0.39, 0.29) is 17.6 Å². The molecule has 0 spiro atoms. The highest BCUT2D eigenvalue weighted by Crippen LogP contribution is 2.31. The number of aromatic nitrogens is 1. The first-order chi connectivity index (χ1) is 16.9. The van der Waals surface area contributed by atoms with Gasteiger partial charge in [-0.2, -0.15) is 0 Å². The first kappa shape index (κ1) is 24.7. The Labute approximate surface area is 206 Å². The van der Waals surface area contributed by atoms with Gasteiger partial charge in [-0.25, -0.2) is 4.39 Å². The first-order valence-corrected chi connectivity index (χ1v) is 11.9. The second kappa shape index (κ2) is 11.3. The number of benzene rings is 2. The van der Waals surface area contributed by atoms with Gasteiger partial charge in [0.05, 0.1) is 25.5 Å². The van der Waals surface area contributed by atoms with Crippen molar-refractivity contribution in [3.8, 4) is 11.5 Å². The van der Waals surface area contributed by atoms with Crippen molar-refractivity contribution in [3.05, 3.63) is 88.5 Å². The third-order valence-electron chi connectivity index (χ3n) is 6.47. The van der Waals surface area contributed by atoms with E-state index in [0.717, 1.165) is 66.5 Å². The standard InChI is InChI=1S/C28H32FN3O3/c1-19-4-9-26(28(33)30-17-20-5-7-23(29)8-6-20)27(31-19)22-10-12-32(13-11-22)18-21-14-24(34-2)16-25(15-21)35-3/h4-9,14-16,22H,10-13,17-18H2,1-3H3,(H,30,33). The Bertz CT molecular complexity index is 1140. The van der Waals surface area contributed by atoms with Crippen LogP contribution in [0.2, 0.25) is 0 Å². The summed E-state index contributed by atoms with van der Waals surface area (Å²) < 4.78 is 24.0. The second-order valence-corrected chi connectivity index (χ2v) is 8.97. The molecule has 1 saturated heterocycles. The third kappa shape index (κ3) is 6.36. The highest BCUT2D eigenvalue weighted by atomic mass is 19.1. The maximum absolute atomic E-state index is 13.2. The number of ether oxygens (including phenoxy) is 2. The lowest BCUT2D eigenvalue weighted by molar-refractivity contribution is 0.0948. The molecule has 0 radical (unpaired) electrons. The Morgan fingerprint density at radius 2 is 1.66 bits per heavy atom. The number of amides is 1. The normalized spacial score (nSPS) is 14.5. The molecule has 0 unspecified atom stereocenters. The minimum absolute atomic E-state index is 0.150. The quantitative estimate of drug-likeness (QED) is 0.502. The van der Waals surface area contributed by atoms with Crippen molar-refractivity contribution in [2.24, 2.45) is 0 Å². The fourth-order valence-corrected chi connectivity index (χ4v) is 4.54. The Balaban J connectivity index is 1.40. The Hall–Kier alpha value is -3.45. The van der Waals surface area contributed by atoms with E-state index < -0.39 is 0 Å². The molecule has 1 fully saturated rings. The van der Waals surface area contributed by atoms with Crippen LogP contribution < -0.4 is 14.8 Å². The fraction of sp³-hybridized carbons (Fsp3) is 0.357. The number of piperidine rings is 1. The van der Waals surface area contributed by atoms with Crippen molar-refractivity contribution < 1.29 is 18.7 Å². The third-order valence-corrected chi connectivity index (χ3v) is 6.47. The van der Waals surface area contributed by atoms with Crippen LogP contribution in [0.3, 0.4) is 0 Å². The topological polar surface area (TPSA) is 63.7 Å². The summed E-state index contributed by atoms with van der Waals surface area (Å²) in [5.74, 6) is 1.35. The molecular formula is C28H32FN3O3. The number of rotatable bonds is 8. The van der Waals surface area contributed by atoms with E-state index in [2.05, 4.69) is 10.2 Å². The lowest BCUT2D eigenvalue weighted by Crippen LogP contribution is -2.34. The van der Waals surface area contributed by atoms with Gasteiger partial charge in [-0.15, -0.1) is 0 Å². The van der Waals surface area contributed by atoms with E-state index in [1.807, 2.05) is 37.3 Å². The van der Waals surface area contributed by atoms with Gasteiger partial charge in [0.2, 0.25) is 0 Å². The van der Waals surface area contributed by atoms with Gasteiger partial charge < -0.3 is 14.8 Å². The molecule has 7 heteroatoms. The molecule has 1 aliphatic rings. The summed E-state index contributed by atoms with van der Waals surface area (Å²) in [4.78, 5) is 20.2. The lowest BCUT2D eigenvalue weighted by Gasteiger charge is -2.32. The average Bonchev–Trinajstić information content (AvgIpc) is 2.88. The maximum atomic E-state index is 13.2. The number of hydrogen-bond acceptors (Lipinski definition) is 5. The minimum atomic E-state index is -0.290. The molecule has 35 heavy (non-hydrogen) atoms. The van der Waals surface area contributed by atoms with E-state index in [0.29, 0.717) is 12.1 Å². The molecule has 2 heterocycles. The minimum Gasteiger partial charge on any atom is -0.497 e. The molecule has 0 aliphatic carbocycles. The zero-order valence-corrected chi connectivity index (χ0v) is 20.5. The van der Waals surface area contributed by atoms with E-state index in [9.17, 15) is 9.18 Å². The van der Waals surface area contributed by atoms with Gasteiger partial charge in [-0.05, 0) is 80.4 Å².